The fourth-order valence-corrected chi connectivity index (χ4v) is 5.26. The van der Waals surface area contributed by atoms with Crippen LogP contribution in [0.4, 0.5) is 22.7 Å². The summed E-state index contributed by atoms with van der Waals surface area (Å²) in [4.78, 5) is 15.3. The fraction of sp³-hybridized carbons (Fsp3) is 0.455. The van der Waals surface area contributed by atoms with Gasteiger partial charge in [-0.3, -0.25) is 15.0 Å². The lowest BCUT2D eigenvalue weighted by Gasteiger charge is -2.51. The van der Waals surface area contributed by atoms with E-state index in [0.29, 0.717) is 10.7 Å². The minimum Gasteiger partial charge on any atom is -0.366 e. The van der Waals surface area contributed by atoms with Crippen molar-refractivity contribution < 1.29 is 9.41 Å². The first-order valence-corrected chi connectivity index (χ1v) is 12.1. The summed E-state index contributed by atoms with van der Waals surface area (Å²) in [5.74, 6) is 0. The molecule has 3 fully saturated rings. The van der Waals surface area contributed by atoms with Gasteiger partial charge in [0.2, 0.25) is 0 Å². The van der Waals surface area contributed by atoms with E-state index in [1.54, 1.807) is 0 Å². The summed E-state index contributed by atoms with van der Waals surface area (Å²) in [6.45, 7) is 12.5. The van der Waals surface area contributed by atoms with Crippen LogP contribution >= 0.6 is 34.8 Å². The Bertz CT molecular complexity index is 1040. The number of likely N-dealkylation sites (N-methyl/N-ethyl adjacent to an activating group) is 1. The van der Waals surface area contributed by atoms with Crippen molar-refractivity contribution >= 4 is 57.6 Å². The number of nitrogens with zero attached hydrogens (tertiary/aromatic N) is 6. The van der Waals surface area contributed by atoms with Gasteiger partial charge in [0.15, 0.2) is 0 Å². The Hall–Kier alpha value is -1.97. The number of piperazine rings is 3. The molecule has 5 rings (SSSR count). The summed E-state index contributed by atoms with van der Waals surface area (Å²) in [5, 5.41) is 19.8. The number of benzene rings is 2. The molecule has 0 aromatic heterocycles. The third-order valence-corrected chi connectivity index (χ3v) is 7.54. The summed E-state index contributed by atoms with van der Waals surface area (Å²) < 4.78 is 1.21. The molecule has 3 heterocycles. The molecule has 2 aromatic carbocycles. The Morgan fingerprint density at radius 2 is 1.67 bits per heavy atom. The molecule has 176 valence electrons. The molecule has 0 atom stereocenters. The van der Waals surface area contributed by atoms with Gasteiger partial charge >= 0.3 is 0 Å². The molecule has 3 aliphatic rings. The smallest absolute Gasteiger partial charge is 0.272 e. The van der Waals surface area contributed by atoms with Crippen LogP contribution in [0, 0.1) is 10.1 Å². The topological polar surface area (TPSA) is 74.3 Å². The van der Waals surface area contributed by atoms with Crippen LogP contribution in [0.15, 0.2) is 40.6 Å². The van der Waals surface area contributed by atoms with E-state index in [2.05, 4.69) is 27.0 Å². The lowest BCUT2D eigenvalue weighted by atomic mass is 10.1. The molecule has 0 aliphatic carbocycles. The van der Waals surface area contributed by atoms with Gasteiger partial charge in [0.05, 0.1) is 52.7 Å². The number of azo groups is 1. The highest BCUT2D eigenvalue weighted by Gasteiger charge is 2.38. The SMILES string of the molecule is CCN(CC[N+]12CCN(CC1)CC2)c1ccc(N=Nc2c(Cl)cc([N+](=O)[O-])cc2Cl)c(Cl)c1. The number of quaternary nitrogens is 1. The molecule has 0 saturated carbocycles. The highest BCUT2D eigenvalue weighted by Crippen LogP contribution is 2.39. The second kappa shape index (κ2) is 10.1. The van der Waals surface area contributed by atoms with Crippen LogP contribution < -0.4 is 4.90 Å². The van der Waals surface area contributed by atoms with Crippen LogP contribution in [-0.4, -0.2) is 73.2 Å². The van der Waals surface area contributed by atoms with Crippen molar-refractivity contribution in [2.24, 2.45) is 10.2 Å². The Kier molecular flexibility index (Phi) is 7.40. The normalized spacial score (nSPS) is 22.1. The van der Waals surface area contributed by atoms with Crippen molar-refractivity contribution in [1.82, 2.24) is 4.90 Å². The van der Waals surface area contributed by atoms with E-state index in [1.165, 1.54) is 55.9 Å². The third-order valence-electron chi connectivity index (χ3n) is 6.66. The number of hydrogen-bond acceptors (Lipinski definition) is 6. The molecule has 0 N–H and O–H groups in total. The summed E-state index contributed by atoms with van der Waals surface area (Å²) in [5.41, 5.74) is 1.47. The highest BCUT2D eigenvalue weighted by molar-refractivity contribution is 6.39. The fourth-order valence-electron chi connectivity index (χ4n) is 4.50. The van der Waals surface area contributed by atoms with Gasteiger partial charge in [-0.05, 0) is 25.1 Å². The number of anilines is 1. The number of halogens is 3. The van der Waals surface area contributed by atoms with E-state index < -0.39 is 4.92 Å². The van der Waals surface area contributed by atoms with Gasteiger partial charge in [0, 0.05) is 44.0 Å². The first-order chi connectivity index (χ1) is 15.8. The number of hydrogen-bond donors (Lipinski definition) is 0. The number of nitro groups is 1. The second-order valence-corrected chi connectivity index (χ2v) is 9.73. The Labute approximate surface area is 208 Å². The van der Waals surface area contributed by atoms with Crippen molar-refractivity contribution in [3.63, 3.8) is 0 Å². The molecule has 3 aliphatic heterocycles. The van der Waals surface area contributed by atoms with Crippen LogP contribution in [0.3, 0.4) is 0 Å². The standard InChI is InChI=1S/C22H26Cl3N6O2/c1-2-29(8-12-31-9-5-28(6-10-31)7-11-31)16-3-4-21(18(23)13-16)26-27-22-19(24)14-17(30(32)33)15-20(22)25/h3-4,13-15H,2,5-12H2,1H3/q+1. The molecule has 2 bridgehead atoms. The van der Waals surface area contributed by atoms with Gasteiger partial charge in [-0.2, -0.15) is 0 Å². The summed E-state index contributed by atoms with van der Waals surface area (Å²) in [6, 6.07) is 8.08. The second-order valence-electron chi connectivity index (χ2n) is 8.51. The highest BCUT2D eigenvalue weighted by atomic mass is 35.5. The lowest BCUT2D eigenvalue weighted by molar-refractivity contribution is -0.939. The van der Waals surface area contributed by atoms with Gasteiger partial charge in [-0.25, -0.2) is 0 Å². The predicted octanol–water partition coefficient (Wildman–Crippen LogP) is 5.94. The molecule has 33 heavy (non-hydrogen) atoms. The van der Waals surface area contributed by atoms with Crippen molar-refractivity contribution in [2.45, 2.75) is 6.92 Å². The quantitative estimate of drug-likeness (QED) is 0.190. The molecule has 8 nitrogen and oxygen atoms in total. The predicted molar refractivity (Wildman–Crippen MR) is 133 cm³/mol. The van der Waals surface area contributed by atoms with Crippen molar-refractivity contribution in [1.29, 1.82) is 0 Å². The van der Waals surface area contributed by atoms with Crippen molar-refractivity contribution in [3.8, 4) is 0 Å². The van der Waals surface area contributed by atoms with E-state index in [9.17, 15) is 10.1 Å². The minimum absolute atomic E-state index is 0.0499. The number of nitro benzene ring substituents is 1. The van der Waals surface area contributed by atoms with Crippen LogP contribution in [0.1, 0.15) is 6.92 Å². The van der Waals surface area contributed by atoms with E-state index in [4.69, 9.17) is 34.8 Å². The maximum atomic E-state index is 10.9. The van der Waals surface area contributed by atoms with Crippen molar-refractivity contribution in [3.05, 3.63) is 55.5 Å². The van der Waals surface area contributed by atoms with E-state index in [0.717, 1.165) is 25.3 Å². The average molecular weight is 513 g/mol. The van der Waals surface area contributed by atoms with Gasteiger partial charge in [0.25, 0.3) is 5.69 Å². The molecule has 0 radical (unpaired) electrons. The van der Waals surface area contributed by atoms with E-state index in [1.807, 2.05) is 18.2 Å². The van der Waals surface area contributed by atoms with Crippen molar-refractivity contribution in [2.75, 3.05) is 63.8 Å². The van der Waals surface area contributed by atoms with Crippen LogP contribution in [0.25, 0.3) is 0 Å². The maximum Gasteiger partial charge on any atom is 0.272 e. The van der Waals surface area contributed by atoms with Crippen LogP contribution in [0.2, 0.25) is 15.1 Å². The molecular weight excluding hydrogens is 487 g/mol. The minimum atomic E-state index is -0.566. The first kappa shape index (κ1) is 24.2. The molecule has 0 spiro atoms. The van der Waals surface area contributed by atoms with E-state index in [-0.39, 0.29) is 21.4 Å². The summed E-state index contributed by atoms with van der Waals surface area (Å²) in [6.07, 6.45) is 0. The van der Waals surface area contributed by atoms with E-state index >= 15 is 0 Å². The Morgan fingerprint density at radius 3 is 2.21 bits per heavy atom. The molecule has 0 amide bonds. The first-order valence-electron chi connectivity index (χ1n) is 11.0. The summed E-state index contributed by atoms with van der Waals surface area (Å²) >= 11 is 18.7. The Morgan fingerprint density at radius 1 is 1.03 bits per heavy atom. The maximum absolute atomic E-state index is 10.9. The summed E-state index contributed by atoms with van der Waals surface area (Å²) in [7, 11) is 0. The zero-order valence-corrected chi connectivity index (χ0v) is 20.7. The Balaban J connectivity index is 1.46. The number of fused-ring (bicyclic) bond motifs is 3. The van der Waals surface area contributed by atoms with Crippen LogP contribution in [-0.2, 0) is 0 Å². The van der Waals surface area contributed by atoms with Gasteiger partial charge in [-0.15, -0.1) is 10.2 Å². The average Bonchev–Trinajstić information content (AvgIpc) is 2.81. The number of rotatable bonds is 8. The molecule has 2 aromatic rings. The zero-order chi connectivity index (χ0) is 23.6. The third kappa shape index (κ3) is 5.41. The van der Waals surface area contributed by atoms with Gasteiger partial charge in [0.1, 0.15) is 11.4 Å². The lowest BCUT2D eigenvalue weighted by Crippen LogP contribution is -2.68. The van der Waals surface area contributed by atoms with Gasteiger partial charge < -0.3 is 9.38 Å². The molecule has 11 heteroatoms. The monoisotopic (exact) mass is 511 g/mol. The zero-order valence-electron chi connectivity index (χ0n) is 18.4. The van der Waals surface area contributed by atoms with Crippen LogP contribution in [0.5, 0.6) is 0 Å². The largest absolute Gasteiger partial charge is 0.366 e. The van der Waals surface area contributed by atoms with Gasteiger partial charge in [-0.1, -0.05) is 34.8 Å². The molecule has 0 unspecified atom stereocenters. The number of non-ortho nitro benzene ring substituents is 1. The molecular formula is C22H26Cl3N6O2+. The molecule has 3 saturated heterocycles.